The molecule has 0 saturated carbocycles. The lowest BCUT2D eigenvalue weighted by molar-refractivity contribution is 0.0690. The number of rotatable bonds is 3. The highest BCUT2D eigenvalue weighted by molar-refractivity contribution is 5.87. The Bertz CT molecular complexity index is 777. The third-order valence-corrected chi connectivity index (χ3v) is 3.14. The van der Waals surface area contributed by atoms with E-state index in [1.54, 1.807) is 29.1 Å². The van der Waals surface area contributed by atoms with Crippen molar-refractivity contribution in [2.75, 3.05) is 0 Å². The second kappa shape index (κ2) is 5.20. The SMILES string of the molecule is Cc1ccc(-c2cc(C(=O)O)nn2-c2ccccn2)cc1. The fraction of sp³-hybridized carbons (Fsp3) is 0.0625. The Balaban J connectivity index is 2.19. The van der Waals surface area contributed by atoms with Gasteiger partial charge in [0.2, 0.25) is 0 Å². The molecule has 0 aliphatic carbocycles. The Hall–Kier alpha value is -2.95. The number of aromatic carboxylic acids is 1. The zero-order valence-corrected chi connectivity index (χ0v) is 11.4. The van der Waals surface area contributed by atoms with Gasteiger partial charge < -0.3 is 5.11 Å². The van der Waals surface area contributed by atoms with Crippen molar-refractivity contribution in [2.24, 2.45) is 0 Å². The molecule has 5 heteroatoms. The third-order valence-electron chi connectivity index (χ3n) is 3.14. The van der Waals surface area contributed by atoms with Crippen LogP contribution in [0.15, 0.2) is 54.7 Å². The maximum Gasteiger partial charge on any atom is 0.356 e. The van der Waals surface area contributed by atoms with Crippen LogP contribution >= 0.6 is 0 Å². The van der Waals surface area contributed by atoms with E-state index in [-0.39, 0.29) is 5.69 Å². The molecule has 0 saturated heterocycles. The first-order valence-corrected chi connectivity index (χ1v) is 6.47. The molecule has 2 heterocycles. The highest BCUT2D eigenvalue weighted by atomic mass is 16.4. The summed E-state index contributed by atoms with van der Waals surface area (Å²) in [6, 6.07) is 14.8. The first kappa shape index (κ1) is 13.1. The summed E-state index contributed by atoms with van der Waals surface area (Å²) < 4.78 is 1.55. The number of carboxylic acids is 1. The summed E-state index contributed by atoms with van der Waals surface area (Å²) >= 11 is 0. The van der Waals surface area contributed by atoms with Gasteiger partial charge in [-0.25, -0.2) is 14.5 Å². The van der Waals surface area contributed by atoms with E-state index in [4.69, 9.17) is 5.11 Å². The summed E-state index contributed by atoms with van der Waals surface area (Å²) in [4.78, 5) is 15.4. The topological polar surface area (TPSA) is 68.0 Å². The molecule has 0 atom stereocenters. The van der Waals surface area contributed by atoms with Crippen LogP contribution in [0, 0.1) is 6.92 Å². The molecule has 1 N–H and O–H groups in total. The van der Waals surface area contributed by atoms with Crippen LogP contribution in [0.5, 0.6) is 0 Å². The first-order valence-electron chi connectivity index (χ1n) is 6.47. The predicted molar refractivity (Wildman–Crippen MR) is 78.5 cm³/mol. The lowest BCUT2D eigenvalue weighted by Crippen LogP contribution is -2.03. The van der Waals surface area contributed by atoms with Gasteiger partial charge in [0, 0.05) is 11.8 Å². The zero-order valence-electron chi connectivity index (χ0n) is 11.4. The minimum atomic E-state index is -1.06. The Morgan fingerprint density at radius 1 is 1.14 bits per heavy atom. The molecule has 3 aromatic rings. The molecule has 0 aliphatic rings. The van der Waals surface area contributed by atoms with Crippen LogP contribution in [0.2, 0.25) is 0 Å². The molecule has 0 radical (unpaired) electrons. The lowest BCUT2D eigenvalue weighted by Gasteiger charge is -2.06. The molecule has 5 nitrogen and oxygen atoms in total. The molecule has 0 aliphatic heterocycles. The third kappa shape index (κ3) is 2.53. The van der Waals surface area contributed by atoms with E-state index in [2.05, 4.69) is 10.1 Å². The van der Waals surface area contributed by atoms with Crippen LogP contribution in [0.3, 0.4) is 0 Å². The van der Waals surface area contributed by atoms with Gasteiger partial charge in [0.15, 0.2) is 11.5 Å². The normalized spacial score (nSPS) is 10.5. The van der Waals surface area contributed by atoms with E-state index in [1.165, 1.54) is 0 Å². The average Bonchev–Trinajstić information content (AvgIpc) is 2.94. The number of carbonyl (C=O) groups is 1. The molecule has 3 rings (SSSR count). The van der Waals surface area contributed by atoms with Crippen molar-refractivity contribution in [1.29, 1.82) is 0 Å². The Labute approximate surface area is 121 Å². The number of aryl methyl sites for hydroxylation is 1. The van der Waals surface area contributed by atoms with Crippen LogP contribution < -0.4 is 0 Å². The van der Waals surface area contributed by atoms with Gasteiger partial charge in [-0.1, -0.05) is 35.9 Å². The molecule has 0 fully saturated rings. The fourth-order valence-corrected chi connectivity index (χ4v) is 2.07. The quantitative estimate of drug-likeness (QED) is 0.800. The number of aromatic nitrogens is 3. The first-order chi connectivity index (χ1) is 10.1. The molecule has 0 spiro atoms. The van der Waals surface area contributed by atoms with E-state index in [0.29, 0.717) is 11.5 Å². The summed E-state index contributed by atoms with van der Waals surface area (Å²) in [6.45, 7) is 2.00. The number of nitrogens with zero attached hydrogens (tertiary/aromatic N) is 3. The number of hydrogen-bond acceptors (Lipinski definition) is 3. The predicted octanol–water partition coefficient (Wildman–Crippen LogP) is 2.94. The Morgan fingerprint density at radius 2 is 1.90 bits per heavy atom. The van der Waals surface area contributed by atoms with Gasteiger partial charge in [-0.3, -0.25) is 0 Å². The average molecular weight is 279 g/mol. The maximum atomic E-state index is 11.2. The summed E-state index contributed by atoms with van der Waals surface area (Å²) in [6.07, 6.45) is 1.65. The number of pyridine rings is 1. The van der Waals surface area contributed by atoms with Crippen molar-refractivity contribution in [3.05, 3.63) is 66.0 Å². The van der Waals surface area contributed by atoms with Crippen molar-refractivity contribution in [1.82, 2.24) is 14.8 Å². The summed E-state index contributed by atoms with van der Waals surface area (Å²) in [5, 5.41) is 13.3. The van der Waals surface area contributed by atoms with E-state index in [1.807, 2.05) is 37.3 Å². The minimum Gasteiger partial charge on any atom is -0.476 e. The highest BCUT2D eigenvalue weighted by Crippen LogP contribution is 2.23. The van der Waals surface area contributed by atoms with Gasteiger partial charge in [0.1, 0.15) is 0 Å². The molecule has 0 amide bonds. The molecular weight excluding hydrogens is 266 g/mol. The molecule has 0 unspecified atom stereocenters. The highest BCUT2D eigenvalue weighted by Gasteiger charge is 2.16. The number of benzene rings is 1. The van der Waals surface area contributed by atoms with E-state index in [0.717, 1.165) is 11.1 Å². The number of hydrogen-bond donors (Lipinski definition) is 1. The van der Waals surface area contributed by atoms with Crippen LogP contribution in [0.4, 0.5) is 0 Å². The van der Waals surface area contributed by atoms with Gasteiger partial charge >= 0.3 is 5.97 Å². The van der Waals surface area contributed by atoms with Crippen molar-refractivity contribution in [3.63, 3.8) is 0 Å². The fourth-order valence-electron chi connectivity index (χ4n) is 2.07. The van der Waals surface area contributed by atoms with Gasteiger partial charge in [-0.15, -0.1) is 0 Å². The summed E-state index contributed by atoms with van der Waals surface area (Å²) in [5.41, 5.74) is 2.73. The van der Waals surface area contributed by atoms with Crippen molar-refractivity contribution in [2.45, 2.75) is 6.92 Å². The van der Waals surface area contributed by atoms with Crippen molar-refractivity contribution >= 4 is 5.97 Å². The zero-order chi connectivity index (χ0) is 14.8. The molecule has 104 valence electrons. The van der Waals surface area contributed by atoms with E-state index in [9.17, 15) is 4.79 Å². The van der Waals surface area contributed by atoms with Crippen LogP contribution in [0.25, 0.3) is 17.1 Å². The number of carboxylic acid groups (broad SMARTS) is 1. The largest absolute Gasteiger partial charge is 0.476 e. The molecule has 0 bridgehead atoms. The van der Waals surface area contributed by atoms with Gasteiger partial charge in [0.25, 0.3) is 0 Å². The summed E-state index contributed by atoms with van der Waals surface area (Å²) in [7, 11) is 0. The van der Waals surface area contributed by atoms with Gasteiger partial charge in [-0.05, 0) is 25.1 Å². The molecule has 2 aromatic heterocycles. The summed E-state index contributed by atoms with van der Waals surface area (Å²) in [5.74, 6) is -0.474. The van der Waals surface area contributed by atoms with Gasteiger partial charge in [0.05, 0.1) is 5.69 Å². The smallest absolute Gasteiger partial charge is 0.356 e. The lowest BCUT2D eigenvalue weighted by atomic mass is 10.1. The van der Waals surface area contributed by atoms with E-state index >= 15 is 0 Å². The minimum absolute atomic E-state index is 0.00349. The van der Waals surface area contributed by atoms with Gasteiger partial charge in [-0.2, -0.15) is 5.10 Å². The molecule has 21 heavy (non-hydrogen) atoms. The van der Waals surface area contributed by atoms with Crippen LogP contribution in [-0.2, 0) is 0 Å². The van der Waals surface area contributed by atoms with Crippen molar-refractivity contribution in [3.8, 4) is 17.1 Å². The standard InChI is InChI=1S/C16H13N3O2/c1-11-5-7-12(8-6-11)14-10-13(16(20)21)18-19(14)15-4-2-3-9-17-15/h2-10H,1H3,(H,20,21). The van der Waals surface area contributed by atoms with Crippen LogP contribution in [0.1, 0.15) is 16.1 Å². The maximum absolute atomic E-state index is 11.2. The van der Waals surface area contributed by atoms with E-state index < -0.39 is 5.97 Å². The Morgan fingerprint density at radius 3 is 2.52 bits per heavy atom. The van der Waals surface area contributed by atoms with Crippen molar-refractivity contribution < 1.29 is 9.90 Å². The second-order valence-electron chi connectivity index (χ2n) is 4.69. The second-order valence-corrected chi connectivity index (χ2v) is 4.69. The van der Waals surface area contributed by atoms with Crippen LogP contribution in [-0.4, -0.2) is 25.8 Å². The monoisotopic (exact) mass is 279 g/mol. The molecular formula is C16H13N3O2. The molecule has 1 aromatic carbocycles. The Kier molecular flexibility index (Phi) is 3.23.